The molecule has 3 rings (SSSR count). The second kappa shape index (κ2) is 4.12. The summed E-state index contributed by atoms with van der Waals surface area (Å²) in [6.45, 7) is 9.11. The van der Waals surface area contributed by atoms with E-state index in [1.54, 1.807) is 0 Å². The molecule has 0 radical (unpaired) electrons. The molecule has 0 amide bonds. The van der Waals surface area contributed by atoms with Crippen molar-refractivity contribution in [3.63, 3.8) is 0 Å². The summed E-state index contributed by atoms with van der Waals surface area (Å²) >= 11 is 0. The normalized spacial score (nSPS) is 33.9. The topological polar surface area (TPSA) is 25.2 Å². The summed E-state index contributed by atoms with van der Waals surface area (Å²) in [6, 6.07) is 3.46. The van der Waals surface area contributed by atoms with E-state index in [4.69, 9.17) is 4.42 Å². The van der Waals surface area contributed by atoms with Crippen LogP contribution in [0.25, 0.3) is 0 Å². The van der Waals surface area contributed by atoms with E-state index in [1.165, 1.54) is 30.6 Å². The van der Waals surface area contributed by atoms with Crippen LogP contribution in [0, 0.1) is 18.3 Å². The highest BCUT2D eigenvalue weighted by Crippen LogP contribution is 2.43. The van der Waals surface area contributed by atoms with Crippen molar-refractivity contribution < 1.29 is 4.42 Å². The van der Waals surface area contributed by atoms with E-state index in [9.17, 15) is 0 Å². The van der Waals surface area contributed by atoms with E-state index in [0.29, 0.717) is 11.5 Å². The molecule has 1 N–H and O–H groups in total. The Labute approximate surface area is 110 Å². The van der Waals surface area contributed by atoms with E-state index < -0.39 is 0 Å². The zero-order valence-electron chi connectivity index (χ0n) is 12.0. The van der Waals surface area contributed by atoms with E-state index in [-0.39, 0.29) is 0 Å². The van der Waals surface area contributed by atoms with Crippen molar-refractivity contribution in [1.82, 2.24) is 5.32 Å². The molecule has 2 aliphatic carbocycles. The van der Waals surface area contributed by atoms with Crippen LogP contribution in [0.4, 0.5) is 0 Å². The van der Waals surface area contributed by atoms with E-state index in [1.807, 2.05) is 0 Å². The third-order valence-corrected chi connectivity index (χ3v) is 4.55. The van der Waals surface area contributed by atoms with Gasteiger partial charge in [0.25, 0.3) is 0 Å². The molecule has 1 aromatic heterocycles. The van der Waals surface area contributed by atoms with Crippen LogP contribution in [-0.2, 0) is 6.42 Å². The first-order valence-electron chi connectivity index (χ1n) is 7.28. The standard InChI is InChI=1S/C16H25NO/c1-10-5-12(6-10)17-14-8-16(3,4)9-15-13(14)7-11(2)18-15/h7,10,12,14,17H,5-6,8-9H2,1-4H3. The predicted octanol–water partition coefficient (Wildman–Crippen LogP) is 3.99. The average molecular weight is 247 g/mol. The third kappa shape index (κ3) is 2.23. The summed E-state index contributed by atoms with van der Waals surface area (Å²) in [6.07, 6.45) is 4.98. The molecule has 1 saturated carbocycles. The Balaban J connectivity index is 1.80. The van der Waals surface area contributed by atoms with Crippen LogP contribution in [-0.4, -0.2) is 6.04 Å². The van der Waals surface area contributed by atoms with Gasteiger partial charge in [0.1, 0.15) is 11.5 Å². The molecule has 1 unspecified atom stereocenters. The molecular weight excluding hydrogens is 222 g/mol. The lowest BCUT2D eigenvalue weighted by molar-refractivity contribution is 0.175. The summed E-state index contributed by atoms with van der Waals surface area (Å²) in [4.78, 5) is 0. The van der Waals surface area contributed by atoms with Crippen LogP contribution in [0.3, 0.4) is 0 Å². The van der Waals surface area contributed by atoms with Gasteiger partial charge < -0.3 is 9.73 Å². The fourth-order valence-electron chi connectivity index (χ4n) is 3.66. The lowest BCUT2D eigenvalue weighted by atomic mass is 9.73. The van der Waals surface area contributed by atoms with E-state index in [0.717, 1.165) is 24.1 Å². The second-order valence-corrected chi connectivity index (χ2v) is 7.27. The van der Waals surface area contributed by atoms with Gasteiger partial charge in [0.05, 0.1) is 0 Å². The largest absolute Gasteiger partial charge is 0.466 e. The monoisotopic (exact) mass is 247 g/mol. The summed E-state index contributed by atoms with van der Waals surface area (Å²) in [5, 5.41) is 3.85. The Morgan fingerprint density at radius 3 is 2.72 bits per heavy atom. The number of rotatable bonds is 2. The maximum atomic E-state index is 5.89. The fraction of sp³-hybridized carbons (Fsp3) is 0.750. The van der Waals surface area contributed by atoms with Crippen molar-refractivity contribution in [2.75, 3.05) is 0 Å². The van der Waals surface area contributed by atoms with Crippen LogP contribution in [0.1, 0.15) is 63.2 Å². The molecule has 2 aliphatic rings. The summed E-state index contributed by atoms with van der Waals surface area (Å²) in [5.41, 5.74) is 1.77. The summed E-state index contributed by atoms with van der Waals surface area (Å²) in [7, 11) is 0. The Bertz CT molecular complexity index is 440. The average Bonchev–Trinajstić information content (AvgIpc) is 2.54. The van der Waals surface area contributed by atoms with Gasteiger partial charge in [0.2, 0.25) is 0 Å². The van der Waals surface area contributed by atoms with Crippen molar-refractivity contribution >= 4 is 0 Å². The highest BCUT2D eigenvalue weighted by molar-refractivity contribution is 5.29. The number of furan rings is 1. The molecule has 0 bridgehead atoms. The maximum Gasteiger partial charge on any atom is 0.109 e. The molecule has 0 spiro atoms. The molecule has 0 saturated heterocycles. The minimum Gasteiger partial charge on any atom is -0.466 e. The first kappa shape index (κ1) is 12.3. The maximum absolute atomic E-state index is 5.89. The quantitative estimate of drug-likeness (QED) is 0.855. The van der Waals surface area contributed by atoms with Crippen LogP contribution >= 0.6 is 0 Å². The molecule has 0 aliphatic heterocycles. The predicted molar refractivity (Wildman–Crippen MR) is 73.6 cm³/mol. The van der Waals surface area contributed by atoms with Gasteiger partial charge in [0, 0.05) is 24.1 Å². The zero-order valence-corrected chi connectivity index (χ0v) is 12.0. The SMILES string of the molecule is Cc1cc2c(o1)CC(C)(C)CC2NC1CC(C)C1. The summed E-state index contributed by atoms with van der Waals surface area (Å²) in [5.74, 6) is 3.18. The van der Waals surface area contributed by atoms with Gasteiger partial charge in [-0.15, -0.1) is 0 Å². The van der Waals surface area contributed by atoms with Gasteiger partial charge in [-0.3, -0.25) is 0 Å². The molecule has 18 heavy (non-hydrogen) atoms. The second-order valence-electron chi connectivity index (χ2n) is 7.27. The first-order valence-corrected chi connectivity index (χ1v) is 7.28. The number of hydrogen-bond acceptors (Lipinski definition) is 2. The molecule has 100 valence electrons. The van der Waals surface area contributed by atoms with Gasteiger partial charge in [0.15, 0.2) is 0 Å². The minimum atomic E-state index is 0.352. The Morgan fingerprint density at radius 2 is 2.06 bits per heavy atom. The van der Waals surface area contributed by atoms with Crippen molar-refractivity contribution in [3.05, 3.63) is 23.2 Å². The lowest BCUT2D eigenvalue weighted by Gasteiger charge is -2.41. The fourth-order valence-corrected chi connectivity index (χ4v) is 3.66. The molecule has 1 fully saturated rings. The number of fused-ring (bicyclic) bond motifs is 1. The molecule has 1 heterocycles. The number of nitrogens with one attached hydrogen (secondary N) is 1. The Hall–Kier alpha value is -0.760. The van der Waals surface area contributed by atoms with Crippen molar-refractivity contribution in [1.29, 1.82) is 0 Å². The van der Waals surface area contributed by atoms with E-state index >= 15 is 0 Å². The number of aryl methyl sites for hydroxylation is 1. The highest BCUT2D eigenvalue weighted by Gasteiger charge is 2.37. The van der Waals surface area contributed by atoms with Gasteiger partial charge in [-0.2, -0.15) is 0 Å². The summed E-state index contributed by atoms with van der Waals surface area (Å²) < 4.78 is 5.89. The van der Waals surface area contributed by atoms with Gasteiger partial charge in [-0.25, -0.2) is 0 Å². The molecule has 1 atom stereocenters. The molecule has 2 heteroatoms. The highest BCUT2D eigenvalue weighted by atomic mass is 16.3. The lowest BCUT2D eigenvalue weighted by Crippen LogP contribution is -2.44. The van der Waals surface area contributed by atoms with Gasteiger partial charge >= 0.3 is 0 Å². The smallest absolute Gasteiger partial charge is 0.109 e. The van der Waals surface area contributed by atoms with Crippen LogP contribution in [0.2, 0.25) is 0 Å². The molecule has 0 aromatic carbocycles. The van der Waals surface area contributed by atoms with Gasteiger partial charge in [-0.1, -0.05) is 20.8 Å². The van der Waals surface area contributed by atoms with Crippen molar-refractivity contribution in [2.45, 2.75) is 65.5 Å². The van der Waals surface area contributed by atoms with Crippen LogP contribution in [0.5, 0.6) is 0 Å². The molecule has 1 aromatic rings. The molecule has 2 nitrogen and oxygen atoms in total. The van der Waals surface area contributed by atoms with Crippen molar-refractivity contribution in [3.8, 4) is 0 Å². The Kier molecular flexibility index (Phi) is 2.81. The van der Waals surface area contributed by atoms with Gasteiger partial charge in [-0.05, 0) is 43.6 Å². The van der Waals surface area contributed by atoms with E-state index in [2.05, 4.69) is 39.1 Å². The zero-order chi connectivity index (χ0) is 12.9. The first-order chi connectivity index (χ1) is 8.43. The minimum absolute atomic E-state index is 0.352. The van der Waals surface area contributed by atoms with Crippen LogP contribution < -0.4 is 5.32 Å². The van der Waals surface area contributed by atoms with Crippen LogP contribution in [0.15, 0.2) is 10.5 Å². The molecular formula is C16H25NO. The Morgan fingerprint density at radius 1 is 1.33 bits per heavy atom. The van der Waals surface area contributed by atoms with Crippen molar-refractivity contribution in [2.24, 2.45) is 11.3 Å². The number of hydrogen-bond donors (Lipinski definition) is 1. The third-order valence-electron chi connectivity index (χ3n) is 4.55.